The van der Waals surface area contributed by atoms with Gasteiger partial charge in [0.2, 0.25) is 0 Å². The molecule has 0 unspecified atom stereocenters. The monoisotopic (exact) mass is 941 g/mol. The zero-order chi connectivity index (χ0) is 40.1. The predicted molar refractivity (Wildman–Crippen MR) is 240 cm³/mol. The molecule has 59 heavy (non-hydrogen) atoms. The zero-order valence-corrected chi connectivity index (χ0v) is 36.3. The smallest absolute Gasteiger partial charge is 0.0971 e. The first-order valence-electron chi connectivity index (χ1n) is 19.6. The summed E-state index contributed by atoms with van der Waals surface area (Å²) in [5.74, 6) is 0. The summed E-state index contributed by atoms with van der Waals surface area (Å²) in [5.41, 5.74) is 17.9. The second-order valence-electron chi connectivity index (χ2n) is 15.5. The van der Waals surface area contributed by atoms with Crippen LogP contribution in [0.1, 0.15) is 37.5 Å². The number of hydrogen-bond donors (Lipinski definition) is 0. The molecule has 9 rings (SSSR count). The second kappa shape index (κ2) is 18.0. The van der Waals surface area contributed by atoms with Gasteiger partial charge >= 0.3 is 0 Å². The molecule has 0 atom stereocenters. The van der Waals surface area contributed by atoms with Crippen molar-refractivity contribution in [2.45, 2.75) is 40.0 Å². The molecule has 0 saturated carbocycles. The van der Waals surface area contributed by atoms with Crippen LogP contribution >= 0.6 is 0 Å². The summed E-state index contributed by atoms with van der Waals surface area (Å²) in [6.45, 7) is 10.9. The van der Waals surface area contributed by atoms with Crippen LogP contribution in [0.5, 0.6) is 0 Å². The van der Waals surface area contributed by atoms with Crippen molar-refractivity contribution in [3.8, 4) is 67.2 Å². The van der Waals surface area contributed by atoms with Gasteiger partial charge in [-0.25, -0.2) is 4.98 Å². The Labute approximate surface area is 361 Å². The number of pyridine rings is 2. The van der Waals surface area contributed by atoms with Gasteiger partial charge in [0.05, 0.1) is 22.9 Å². The third kappa shape index (κ3) is 9.34. The van der Waals surface area contributed by atoms with Gasteiger partial charge < -0.3 is 9.97 Å². The standard InChI is InChI=1S/C42H34N3.C12H10N.Ir/c1-28-18-19-31(29-12-7-5-8-13-29)25-37(28)36-21-20-35(41-40(36)44-27-39(45-41)30-14-9-6-10-15-30)32-16-11-17-33(24-32)38-26-34(22-23-43-38)42(2,3)4;1-10-7-8-13-12(9-10)11-5-3-2-4-6-11;/h5-16,18-27H,1-4H3;2-5,7-9H,1H3;/q2*-1;. The Balaban J connectivity index is 0.000000321. The third-order valence-electron chi connectivity index (χ3n) is 10.3. The average Bonchev–Trinajstić information content (AvgIpc) is 3.27. The van der Waals surface area contributed by atoms with Gasteiger partial charge in [0.25, 0.3) is 0 Å². The van der Waals surface area contributed by atoms with Gasteiger partial charge in [0.15, 0.2) is 0 Å². The van der Waals surface area contributed by atoms with Crippen molar-refractivity contribution >= 4 is 11.0 Å². The van der Waals surface area contributed by atoms with E-state index in [0.29, 0.717) is 0 Å². The van der Waals surface area contributed by atoms with Gasteiger partial charge in [-0.2, -0.15) is 0 Å². The third-order valence-corrected chi connectivity index (χ3v) is 10.3. The summed E-state index contributed by atoms with van der Waals surface area (Å²) < 4.78 is 0. The molecular weight excluding hydrogens is 897 g/mol. The maximum Gasteiger partial charge on any atom is 0.0971 e. The molecule has 0 bridgehead atoms. The fourth-order valence-electron chi connectivity index (χ4n) is 7.08. The van der Waals surface area contributed by atoms with Gasteiger partial charge in [0.1, 0.15) is 0 Å². The number of hydrogen-bond acceptors (Lipinski definition) is 4. The first kappa shape index (κ1) is 40.8. The minimum Gasteiger partial charge on any atom is -0.305 e. The Kier molecular flexibility index (Phi) is 12.5. The SMILES string of the molecule is Cc1ccc(-c2ccccc2)cc1-c1ccc(-c2cc[c-]c(-c3cc(C(C)(C)C)ccn3)c2)c2nc(-c3ccccc3)cnc12.Cc1ccnc(-c2[c-]cccc2)c1.[Ir]. The molecule has 0 fully saturated rings. The van der Waals surface area contributed by atoms with Gasteiger partial charge in [-0.15, -0.1) is 65.7 Å². The van der Waals surface area contributed by atoms with Crippen molar-refractivity contribution in [2.75, 3.05) is 0 Å². The normalized spacial score (nSPS) is 11.0. The molecule has 3 aromatic heterocycles. The van der Waals surface area contributed by atoms with Crippen molar-refractivity contribution in [1.82, 2.24) is 19.9 Å². The van der Waals surface area contributed by atoms with Gasteiger partial charge in [-0.1, -0.05) is 129 Å². The van der Waals surface area contributed by atoms with Crippen LogP contribution < -0.4 is 0 Å². The van der Waals surface area contributed by atoms with E-state index in [0.717, 1.165) is 67.1 Å². The van der Waals surface area contributed by atoms with Crippen LogP contribution in [0.2, 0.25) is 0 Å². The van der Waals surface area contributed by atoms with Crippen LogP contribution in [-0.2, 0) is 25.5 Å². The maximum absolute atomic E-state index is 5.28. The molecule has 0 saturated heterocycles. The van der Waals surface area contributed by atoms with Crippen LogP contribution in [0.4, 0.5) is 0 Å². The summed E-state index contributed by atoms with van der Waals surface area (Å²) in [4.78, 5) is 19.4. The van der Waals surface area contributed by atoms with E-state index in [1.54, 1.807) is 0 Å². The molecule has 0 amide bonds. The summed E-state index contributed by atoms with van der Waals surface area (Å²) >= 11 is 0. The van der Waals surface area contributed by atoms with Crippen LogP contribution in [0.25, 0.3) is 78.2 Å². The van der Waals surface area contributed by atoms with Crippen LogP contribution in [0.15, 0.2) is 176 Å². The molecule has 5 heteroatoms. The van der Waals surface area contributed by atoms with Crippen LogP contribution in [-0.4, -0.2) is 19.9 Å². The molecule has 291 valence electrons. The first-order valence-corrected chi connectivity index (χ1v) is 19.6. The largest absolute Gasteiger partial charge is 0.305 e. The van der Waals surface area contributed by atoms with Crippen LogP contribution in [0, 0.1) is 26.0 Å². The van der Waals surface area contributed by atoms with E-state index >= 15 is 0 Å². The number of rotatable bonds is 6. The molecule has 9 aromatic rings. The van der Waals surface area contributed by atoms with E-state index in [1.165, 1.54) is 27.8 Å². The van der Waals surface area contributed by atoms with Crippen LogP contribution in [0.3, 0.4) is 0 Å². The Morgan fingerprint density at radius 1 is 0.458 bits per heavy atom. The maximum atomic E-state index is 5.28. The topological polar surface area (TPSA) is 51.6 Å². The van der Waals surface area contributed by atoms with Gasteiger partial charge in [-0.3, -0.25) is 4.98 Å². The van der Waals surface area contributed by atoms with Crippen molar-refractivity contribution in [2.24, 2.45) is 0 Å². The fourth-order valence-corrected chi connectivity index (χ4v) is 7.08. The number of aryl methyl sites for hydroxylation is 2. The molecule has 0 spiro atoms. The number of aromatic nitrogens is 4. The first-order chi connectivity index (χ1) is 28.2. The van der Waals surface area contributed by atoms with Crippen molar-refractivity contribution < 1.29 is 20.1 Å². The Bertz CT molecular complexity index is 2830. The molecular formula is C54H44IrN4-2. The molecule has 0 aliphatic rings. The zero-order valence-electron chi connectivity index (χ0n) is 33.9. The minimum absolute atomic E-state index is 0. The molecule has 4 nitrogen and oxygen atoms in total. The van der Waals surface area contributed by atoms with E-state index in [4.69, 9.17) is 15.0 Å². The number of benzene rings is 6. The van der Waals surface area contributed by atoms with Crippen molar-refractivity contribution in [3.05, 3.63) is 205 Å². The minimum atomic E-state index is 0. The predicted octanol–water partition coefficient (Wildman–Crippen LogP) is 13.6. The van der Waals surface area contributed by atoms with Crippen molar-refractivity contribution in [1.29, 1.82) is 0 Å². The Morgan fingerprint density at radius 3 is 1.85 bits per heavy atom. The Morgan fingerprint density at radius 2 is 1.14 bits per heavy atom. The molecule has 1 radical (unpaired) electrons. The van der Waals surface area contributed by atoms with E-state index in [1.807, 2.05) is 73.2 Å². The quantitative estimate of drug-likeness (QED) is 0.156. The summed E-state index contributed by atoms with van der Waals surface area (Å²) in [6, 6.07) is 60.8. The van der Waals surface area contributed by atoms with Gasteiger partial charge in [0, 0.05) is 43.6 Å². The van der Waals surface area contributed by atoms with E-state index in [-0.39, 0.29) is 25.5 Å². The summed E-state index contributed by atoms with van der Waals surface area (Å²) in [6.07, 6.45) is 5.61. The van der Waals surface area contributed by atoms with E-state index in [2.05, 4.69) is 155 Å². The number of fused-ring (bicyclic) bond motifs is 1. The molecule has 0 N–H and O–H groups in total. The average molecular weight is 941 g/mol. The summed E-state index contributed by atoms with van der Waals surface area (Å²) in [5, 5.41) is 0. The van der Waals surface area contributed by atoms with E-state index < -0.39 is 0 Å². The fraction of sp³-hybridized carbons (Fsp3) is 0.111. The molecule has 0 aliphatic carbocycles. The second-order valence-corrected chi connectivity index (χ2v) is 15.5. The van der Waals surface area contributed by atoms with Gasteiger partial charge in [-0.05, 0) is 82.2 Å². The molecule has 3 heterocycles. The molecule has 0 aliphatic heterocycles. The van der Waals surface area contributed by atoms with Crippen molar-refractivity contribution in [3.63, 3.8) is 0 Å². The molecule has 6 aromatic carbocycles. The summed E-state index contributed by atoms with van der Waals surface area (Å²) in [7, 11) is 0. The Hall–Kier alpha value is -6.39. The number of nitrogens with zero attached hydrogens (tertiary/aromatic N) is 4. The van der Waals surface area contributed by atoms with E-state index in [9.17, 15) is 0 Å².